The number of nitrogens with zero attached hydrogens (tertiary/aromatic N) is 7. The van der Waals surface area contributed by atoms with Crippen LogP contribution in [0.4, 0.5) is 0 Å². The van der Waals surface area contributed by atoms with Gasteiger partial charge < -0.3 is 0 Å². The Labute approximate surface area is 208 Å². The van der Waals surface area contributed by atoms with E-state index < -0.39 is 0 Å². The van der Waals surface area contributed by atoms with Crippen LogP contribution in [0.1, 0.15) is 29.2 Å². The maximum atomic E-state index is 9.00. The summed E-state index contributed by atoms with van der Waals surface area (Å²) in [6.07, 6.45) is 2.80. The first kappa shape index (κ1) is 22.6. The molecule has 8 heteroatoms. The molecule has 0 aliphatic carbocycles. The molecular formula is C27H23N7S. The van der Waals surface area contributed by atoms with Gasteiger partial charge in [-0.25, -0.2) is 4.68 Å². The number of thioether (sulfide) groups is 1. The summed E-state index contributed by atoms with van der Waals surface area (Å²) in [5, 5.41) is 27.9. The fourth-order valence-electron chi connectivity index (χ4n) is 3.68. The molecule has 0 N–H and O–H groups in total. The van der Waals surface area contributed by atoms with Crippen LogP contribution in [0.15, 0.2) is 90.1 Å². The van der Waals surface area contributed by atoms with Crippen molar-refractivity contribution in [3.05, 3.63) is 107 Å². The summed E-state index contributed by atoms with van der Waals surface area (Å²) < 4.78 is 1.95. The van der Waals surface area contributed by atoms with Gasteiger partial charge in [0.1, 0.15) is 5.03 Å². The first-order valence-electron chi connectivity index (χ1n) is 11.3. The molecule has 3 aromatic carbocycles. The maximum Gasteiger partial charge on any atom is 0.209 e. The van der Waals surface area contributed by atoms with E-state index in [4.69, 9.17) is 10.4 Å². The van der Waals surface area contributed by atoms with Gasteiger partial charge in [-0.05, 0) is 52.6 Å². The summed E-state index contributed by atoms with van der Waals surface area (Å²) in [5.74, 6) is 1.33. The van der Waals surface area contributed by atoms with E-state index in [-0.39, 0.29) is 0 Å². The summed E-state index contributed by atoms with van der Waals surface area (Å²) in [4.78, 5) is 1.57. The number of aromatic nitrogens is 6. The number of rotatable bonds is 8. The lowest BCUT2D eigenvalue weighted by Crippen LogP contribution is -2.04. The lowest BCUT2D eigenvalue weighted by Gasteiger charge is -2.09. The molecule has 172 valence electrons. The van der Waals surface area contributed by atoms with Crippen LogP contribution in [0, 0.1) is 11.3 Å². The first-order valence-corrected chi connectivity index (χ1v) is 12.3. The molecule has 0 amide bonds. The van der Waals surface area contributed by atoms with Gasteiger partial charge in [-0.3, -0.25) is 0 Å². The molecule has 0 bridgehead atoms. The quantitative estimate of drug-likeness (QED) is 0.282. The van der Waals surface area contributed by atoms with E-state index in [0.29, 0.717) is 17.9 Å². The topological polar surface area (TPSA) is 85.2 Å². The van der Waals surface area contributed by atoms with Crippen LogP contribution in [0.25, 0.3) is 17.1 Å². The zero-order valence-corrected chi connectivity index (χ0v) is 20.1. The predicted octanol–water partition coefficient (Wildman–Crippen LogP) is 5.30. The van der Waals surface area contributed by atoms with Crippen molar-refractivity contribution in [3.8, 4) is 23.1 Å². The number of nitriles is 1. The standard InChI is InChI=1S/C27H23N7S/c1-2-20-12-14-24(15-13-20)34-27(35-19-23-6-4-3-5-7-23)25(17-29-34)26-30-32-33(31-26)18-22-10-8-21(16-28)9-11-22/h3-15,17H,2,18-19H2,1H3. The normalized spacial score (nSPS) is 10.9. The highest BCUT2D eigenvalue weighted by Crippen LogP contribution is 2.33. The number of benzene rings is 3. The summed E-state index contributed by atoms with van der Waals surface area (Å²) in [5.41, 5.74) is 5.98. The van der Waals surface area contributed by atoms with E-state index in [1.807, 2.05) is 41.2 Å². The van der Waals surface area contributed by atoms with Crippen LogP contribution in [0.3, 0.4) is 0 Å². The number of hydrogen-bond donors (Lipinski definition) is 0. The maximum absolute atomic E-state index is 9.00. The molecule has 5 aromatic rings. The summed E-state index contributed by atoms with van der Waals surface area (Å²) in [6, 6.07) is 28.3. The van der Waals surface area contributed by atoms with Crippen molar-refractivity contribution in [2.75, 3.05) is 0 Å². The van der Waals surface area contributed by atoms with E-state index in [0.717, 1.165) is 34.0 Å². The first-order chi connectivity index (χ1) is 17.2. The third kappa shape index (κ3) is 5.15. The van der Waals surface area contributed by atoms with Gasteiger partial charge >= 0.3 is 0 Å². The Kier molecular flexibility index (Phi) is 6.68. The minimum Gasteiger partial charge on any atom is -0.226 e. The molecule has 2 heterocycles. The van der Waals surface area contributed by atoms with Crippen LogP contribution in [0.2, 0.25) is 0 Å². The van der Waals surface area contributed by atoms with Gasteiger partial charge in [0, 0.05) is 5.75 Å². The molecule has 0 atom stereocenters. The van der Waals surface area contributed by atoms with Crippen molar-refractivity contribution in [2.24, 2.45) is 0 Å². The second-order valence-electron chi connectivity index (χ2n) is 8.02. The Morgan fingerprint density at radius 1 is 0.886 bits per heavy atom. The van der Waals surface area contributed by atoms with E-state index in [9.17, 15) is 0 Å². The molecular weight excluding hydrogens is 454 g/mol. The van der Waals surface area contributed by atoms with Gasteiger partial charge in [-0.2, -0.15) is 15.2 Å². The monoisotopic (exact) mass is 477 g/mol. The third-order valence-electron chi connectivity index (χ3n) is 5.63. The van der Waals surface area contributed by atoms with E-state index in [2.05, 4.69) is 64.8 Å². The highest BCUT2D eigenvalue weighted by atomic mass is 32.2. The van der Waals surface area contributed by atoms with Gasteiger partial charge in [-0.15, -0.1) is 22.0 Å². The predicted molar refractivity (Wildman–Crippen MR) is 136 cm³/mol. The molecule has 2 aromatic heterocycles. The van der Waals surface area contributed by atoms with Crippen molar-refractivity contribution in [3.63, 3.8) is 0 Å². The van der Waals surface area contributed by atoms with Crippen LogP contribution in [0.5, 0.6) is 0 Å². The highest BCUT2D eigenvalue weighted by molar-refractivity contribution is 7.98. The Hall–Kier alpha value is -4.22. The minimum atomic E-state index is 0.470. The minimum absolute atomic E-state index is 0.470. The molecule has 0 aliphatic heterocycles. The number of tetrazole rings is 1. The Balaban J connectivity index is 1.45. The zero-order chi connectivity index (χ0) is 24.0. The molecule has 5 rings (SSSR count). The van der Waals surface area contributed by atoms with E-state index in [1.54, 1.807) is 28.7 Å². The van der Waals surface area contributed by atoms with Crippen LogP contribution in [-0.4, -0.2) is 30.0 Å². The molecule has 0 aliphatic rings. The molecule has 7 nitrogen and oxygen atoms in total. The van der Waals surface area contributed by atoms with Crippen LogP contribution >= 0.6 is 11.8 Å². The molecule has 0 fully saturated rings. The molecule has 0 saturated carbocycles. The van der Waals surface area contributed by atoms with E-state index >= 15 is 0 Å². The van der Waals surface area contributed by atoms with Gasteiger partial charge in [0.2, 0.25) is 5.82 Å². The van der Waals surface area contributed by atoms with Crippen molar-refractivity contribution in [2.45, 2.75) is 30.7 Å². The van der Waals surface area contributed by atoms with Crippen molar-refractivity contribution < 1.29 is 0 Å². The van der Waals surface area contributed by atoms with Crippen LogP contribution < -0.4 is 0 Å². The van der Waals surface area contributed by atoms with Gasteiger partial charge in [-0.1, -0.05) is 61.5 Å². The molecule has 35 heavy (non-hydrogen) atoms. The molecule has 0 unspecified atom stereocenters. The van der Waals surface area contributed by atoms with Gasteiger partial charge in [0.25, 0.3) is 0 Å². The summed E-state index contributed by atoms with van der Waals surface area (Å²) >= 11 is 1.70. The van der Waals surface area contributed by atoms with Gasteiger partial charge in [0.15, 0.2) is 0 Å². The highest BCUT2D eigenvalue weighted by Gasteiger charge is 2.19. The van der Waals surface area contributed by atoms with Crippen molar-refractivity contribution in [1.82, 2.24) is 30.0 Å². The fraction of sp³-hybridized carbons (Fsp3) is 0.148. The summed E-state index contributed by atoms with van der Waals surface area (Å²) in [6.45, 7) is 2.62. The Morgan fingerprint density at radius 2 is 1.63 bits per heavy atom. The smallest absolute Gasteiger partial charge is 0.209 e. The molecule has 0 spiro atoms. The average molecular weight is 478 g/mol. The lowest BCUT2D eigenvalue weighted by atomic mass is 10.1. The van der Waals surface area contributed by atoms with Crippen LogP contribution in [-0.2, 0) is 18.7 Å². The largest absolute Gasteiger partial charge is 0.226 e. The van der Waals surface area contributed by atoms with E-state index in [1.165, 1.54) is 11.1 Å². The SMILES string of the molecule is CCc1ccc(-n2ncc(-c3nnn(Cc4ccc(C#N)cc4)n3)c2SCc2ccccc2)cc1. The van der Waals surface area contributed by atoms with Gasteiger partial charge in [0.05, 0.1) is 35.6 Å². The zero-order valence-electron chi connectivity index (χ0n) is 19.2. The lowest BCUT2D eigenvalue weighted by molar-refractivity contribution is 0.573. The molecule has 0 radical (unpaired) electrons. The Bertz CT molecular complexity index is 1450. The summed E-state index contributed by atoms with van der Waals surface area (Å²) in [7, 11) is 0. The fourth-order valence-corrected chi connectivity index (χ4v) is 4.75. The van der Waals surface area contributed by atoms with Crippen molar-refractivity contribution >= 4 is 11.8 Å². The number of hydrogen-bond acceptors (Lipinski definition) is 6. The molecule has 0 saturated heterocycles. The number of aryl methyl sites for hydroxylation is 1. The average Bonchev–Trinajstić information content (AvgIpc) is 3.55. The second-order valence-corrected chi connectivity index (χ2v) is 8.99. The Morgan fingerprint density at radius 3 is 2.34 bits per heavy atom. The second kappa shape index (κ2) is 10.4. The third-order valence-corrected chi connectivity index (χ3v) is 6.78. The van der Waals surface area contributed by atoms with Crippen molar-refractivity contribution in [1.29, 1.82) is 5.26 Å².